The fourth-order valence-corrected chi connectivity index (χ4v) is 2.63. The molecule has 3 heterocycles. The van der Waals surface area contributed by atoms with E-state index in [4.69, 9.17) is 0 Å². The molecule has 0 unspecified atom stereocenters. The number of hydrogen-bond acceptors (Lipinski definition) is 5. The van der Waals surface area contributed by atoms with E-state index in [1.807, 2.05) is 6.92 Å². The van der Waals surface area contributed by atoms with Gasteiger partial charge in [0.1, 0.15) is 5.69 Å². The average Bonchev–Trinajstić information content (AvgIpc) is 3.07. The summed E-state index contributed by atoms with van der Waals surface area (Å²) in [5, 5.41) is 13.0. The maximum atomic E-state index is 12.1. The quantitative estimate of drug-likeness (QED) is 0.744. The number of carbonyl (C=O) groups is 1. The second-order valence-electron chi connectivity index (χ2n) is 5.53. The van der Waals surface area contributed by atoms with E-state index in [0.717, 1.165) is 11.4 Å². The number of carbonyl (C=O) groups excluding carboxylic acids is 1. The third-order valence-corrected chi connectivity index (χ3v) is 3.89. The van der Waals surface area contributed by atoms with Gasteiger partial charge in [0.25, 0.3) is 5.91 Å². The fourth-order valence-electron chi connectivity index (χ4n) is 2.63. The van der Waals surface area contributed by atoms with Gasteiger partial charge >= 0.3 is 0 Å². The smallest absolute Gasteiger partial charge is 0.270 e. The molecule has 1 saturated heterocycles. The zero-order valence-corrected chi connectivity index (χ0v) is 12.4. The minimum absolute atomic E-state index is 0.262. The van der Waals surface area contributed by atoms with Crippen molar-refractivity contribution in [1.82, 2.24) is 25.2 Å². The molecule has 1 aliphatic rings. The summed E-state index contributed by atoms with van der Waals surface area (Å²) in [5.74, 6) is -0.262. The molecule has 3 N–H and O–H groups in total. The summed E-state index contributed by atoms with van der Waals surface area (Å²) < 4.78 is 0. The highest BCUT2D eigenvalue weighted by Gasteiger charge is 2.33. The Kier molecular flexibility index (Phi) is 4.17. The summed E-state index contributed by atoms with van der Waals surface area (Å²) in [5.41, 5.74) is 2.34. The van der Waals surface area contributed by atoms with Crippen molar-refractivity contribution in [2.75, 3.05) is 13.1 Å². The van der Waals surface area contributed by atoms with Gasteiger partial charge in [-0.25, -0.2) is 4.98 Å². The van der Waals surface area contributed by atoms with E-state index in [9.17, 15) is 9.90 Å². The minimum atomic E-state index is -0.591. The van der Waals surface area contributed by atoms with E-state index < -0.39 is 6.10 Å². The van der Waals surface area contributed by atoms with Crippen LogP contribution in [0.25, 0.3) is 0 Å². The Morgan fingerprint density at radius 1 is 1.45 bits per heavy atom. The van der Waals surface area contributed by atoms with E-state index in [1.54, 1.807) is 30.7 Å². The van der Waals surface area contributed by atoms with Gasteiger partial charge in [-0.15, -0.1) is 0 Å². The number of H-pyrrole nitrogens is 1. The lowest BCUT2D eigenvalue weighted by Gasteiger charge is -2.16. The lowest BCUT2D eigenvalue weighted by atomic mass is 10.2. The maximum absolute atomic E-state index is 12.1. The van der Waals surface area contributed by atoms with Crippen molar-refractivity contribution in [2.45, 2.75) is 25.6 Å². The van der Waals surface area contributed by atoms with Crippen LogP contribution in [0.5, 0.6) is 0 Å². The standard InChI is InChI=1S/C15H19N5O2/c1-10-12(18-9-17-10)6-20-7-13(14(21)8-20)19-15(22)11-4-2-3-5-16-11/h2-5,9,13-14,21H,6-8H2,1H3,(H,17,18)(H,19,22)/t13-,14-/m1/s1. The van der Waals surface area contributed by atoms with Crippen LogP contribution >= 0.6 is 0 Å². The Hall–Kier alpha value is -2.25. The van der Waals surface area contributed by atoms with E-state index in [2.05, 4.69) is 25.2 Å². The van der Waals surface area contributed by atoms with Crippen LogP contribution in [-0.2, 0) is 6.54 Å². The van der Waals surface area contributed by atoms with Crippen LogP contribution in [0, 0.1) is 6.92 Å². The van der Waals surface area contributed by atoms with E-state index in [0.29, 0.717) is 25.3 Å². The molecule has 3 rings (SSSR count). The molecule has 0 saturated carbocycles. The molecule has 1 aliphatic heterocycles. The maximum Gasteiger partial charge on any atom is 0.270 e. The number of aryl methyl sites for hydroxylation is 1. The molecule has 116 valence electrons. The summed E-state index contributed by atoms with van der Waals surface area (Å²) in [6.45, 7) is 3.73. The molecule has 2 aromatic heterocycles. The lowest BCUT2D eigenvalue weighted by molar-refractivity contribution is 0.0883. The molecule has 0 aromatic carbocycles. The molecule has 0 aliphatic carbocycles. The van der Waals surface area contributed by atoms with Crippen LogP contribution in [0.4, 0.5) is 0 Å². The molecule has 2 aromatic rings. The highest BCUT2D eigenvalue weighted by molar-refractivity contribution is 5.92. The fraction of sp³-hybridized carbons (Fsp3) is 0.400. The monoisotopic (exact) mass is 301 g/mol. The van der Waals surface area contributed by atoms with Crippen LogP contribution in [0.2, 0.25) is 0 Å². The first kappa shape index (κ1) is 14.7. The SMILES string of the molecule is Cc1[nH]cnc1CN1C[C@@H](O)[C@H](NC(=O)c2ccccn2)C1. The Morgan fingerprint density at radius 2 is 2.32 bits per heavy atom. The van der Waals surface area contributed by atoms with Crippen molar-refractivity contribution in [3.05, 3.63) is 47.8 Å². The van der Waals surface area contributed by atoms with Gasteiger partial charge in [0, 0.05) is 31.5 Å². The number of aliphatic hydroxyl groups is 1. The zero-order valence-electron chi connectivity index (χ0n) is 12.4. The molecule has 0 bridgehead atoms. The van der Waals surface area contributed by atoms with Crippen LogP contribution in [0.3, 0.4) is 0 Å². The van der Waals surface area contributed by atoms with Crippen molar-refractivity contribution in [2.24, 2.45) is 0 Å². The predicted molar refractivity (Wildman–Crippen MR) is 80.1 cm³/mol. The number of nitrogens with zero attached hydrogens (tertiary/aromatic N) is 3. The number of aliphatic hydroxyl groups excluding tert-OH is 1. The van der Waals surface area contributed by atoms with Crippen LogP contribution in [0.1, 0.15) is 21.9 Å². The second kappa shape index (κ2) is 6.25. The Bertz CT molecular complexity index is 642. The number of imidazole rings is 1. The van der Waals surface area contributed by atoms with Gasteiger partial charge in [-0.1, -0.05) is 6.07 Å². The number of aromatic amines is 1. The van der Waals surface area contributed by atoms with Crippen LogP contribution < -0.4 is 5.32 Å². The highest BCUT2D eigenvalue weighted by atomic mass is 16.3. The van der Waals surface area contributed by atoms with Crippen LogP contribution in [-0.4, -0.2) is 56.1 Å². The summed E-state index contributed by atoms with van der Waals surface area (Å²) in [6, 6.07) is 4.88. The first-order valence-corrected chi connectivity index (χ1v) is 7.24. The average molecular weight is 301 g/mol. The van der Waals surface area contributed by atoms with Crippen molar-refractivity contribution in [3.63, 3.8) is 0 Å². The Morgan fingerprint density at radius 3 is 3.00 bits per heavy atom. The predicted octanol–water partition coefficient (Wildman–Crippen LogP) is 0.0882. The molecule has 22 heavy (non-hydrogen) atoms. The summed E-state index contributed by atoms with van der Waals surface area (Å²) in [7, 11) is 0. The van der Waals surface area contributed by atoms with Crippen molar-refractivity contribution in [3.8, 4) is 0 Å². The Labute approximate surface area is 128 Å². The number of nitrogens with one attached hydrogen (secondary N) is 2. The van der Waals surface area contributed by atoms with Gasteiger partial charge in [-0.05, 0) is 19.1 Å². The first-order valence-electron chi connectivity index (χ1n) is 7.24. The molecule has 2 atom stereocenters. The summed E-state index contributed by atoms with van der Waals surface area (Å²) >= 11 is 0. The molecular weight excluding hydrogens is 282 g/mol. The zero-order chi connectivity index (χ0) is 15.5. The van der Waals surface area contributed by atoms with E-state index >= 15 is 0 Å². The number of aromatic nitrogens is 3. The molecule has 1 amide bonds. The highest BCUT2D eigenvalue weighted by Crippen LogP contribution is 2.15. The first-order chi connectivity index (χ1) is 10.6. The van der Waals surface area contributed by atoms with Gasteiger partial charge in [-0.3, -0.25) is 14.7 Å². The largest absolute Gasteiger partial charge is 0.390 e. The number of rotatable bonds is 4. The number of pyridine rings is 1. The number of likely N-dealkylation sites (tertiary alicyclic amines) is 1. The Balaban J connectivity index is 1.59. The molecular formula is C15H19N5O2. The van der Waals surface area contributed by atoms with Gasteiger partial charge in [0.15, 0.2) is 0 Å². The summed E-state index contributed by atoms with van der Waals surface area (Å²) in [4.78, 5) is 25.5. The molecule has 1 fully saturated rings. The second-order valence-corrected chi connectivity index (χ2v) is 5.53. The normalized spacial score (nSPS) is 21.9. The van der Waals surface area contributed by atoms with Gasteiger partial charge in [-0.2, -0.15) is 0 Å². The lowest BCUT2D eigenvalue weighted by Crippen LogP contribution is -2.43. The van der Waals surface area contributed by atoms with Crippen molar-refractivity contribution < 1.29 is 9.90 Å². The van der Waals surface area contributed by atoms with E-state index in [-0.39, 0.29) is 11.9 Å². The number of β-amino-alcohol motifs (C(OH)–C–C–N with tert-alkyl or cyclic N) is 1. The van der Waals surface area contributed by atoms with Gasteiger partial charge in [0.2, 0.25) is 0 Å². The van der Waals surface area contributed by atoms with E-state index in [1.165, 1.54) is 0 Å². The molecule has 7 heteroatoms. The minimum Gasteiger partial charge on any atom is -0.390 e. The number of amides is 1. The van der Waals surface area contributed by atoms with Gasteiger partial charge in [0.05, 0.1) is 24.2 Å². The van der Waals surface area contributed by atoms with Crippen molar-refractivity contribution >= 4 is 5.91 Å². The van der Waals surface area contributed by atoms with Crippen LogP contribution in [0.15, 0.2) is 30.7 Å². The molecule has 0 radical (unpaired) electrons. The summed E-state index contributed by atoms with van der Waals surface area (Å²) in [6.07, 6.45) is 2.65. The third kappa shape index (κ3) is 3.15. The third-order valence-electron chi connectivity index (χ3n) is 3.89. The number of hydrogen-bond donors (Lipinski definition) is 3. The van der Waals surface area contributed by atoms with Gasteiger partial charge < -0.3 is 15.4 Å². The van der Waals surface area contributed by atoms with Crippen molar-refractivity contribution in [1.29, 1.82) is 0 Å². The molecule has 0 spiro atoms. The molecule has 7 nitrogen and oxygen atoms in total. The topological polar surface area (TPSA) is 94.1 Å².